The number of para-hydroxylation sites is 1. The normalized spacial score (nSPS) is 14.8. The highest BCUT2D eigenvalue weighted by molar-refractivity contribution is 6.01. The molecule has 0 unspecified atom stereocenters. The van der Waals surface area contributed by atoms with E-state index < -0.39 is 0 Å². The molecule has 0 bridgehead atoms. The van der Waals surface area contributed by atoms with Crippen molar-refractivity contribution in [3.63, 3.8) is 0 Å². The third-order valence-corrected chi connectivity index (χ3v) is 3.55. The van der Waals surface area contributed by atoms with Gasteiger partial charge < -0.3 is 15.5 Å². The second-order valence-corrected chi connectivity index (χ2v) is 4.92. The summed E-state index contributed by atoms with van der Waals surface area (Å²) in [6.07, 6.45) is 3.30. The number of carbonyl (C=O) groups excluding carboxylic acids is 2. The largest absolute Gasteiger partial charge is 0.387 e. The molecule has 20 heavy (non-hydrogen) atoms. The molecule has 5 heteroatoms. The molecule has 0 radical (unpaired) electrons. The zero-order valence-corrected chi connectivity index (χ0v) is 11.8. The van der Waals surface area contributed by atoms with Gasteiger partial charge in [-0.3, -0.25) is 9.59 Å². The summed E-state index contributed by atoms with van der Waals surface area (Å²) < 4.78 is 0. The van der Waals surface area contributed by atoms with Gasteiger partial charge in [-0.2, -0.15) is 0 Å². The minimum Gasteiger partial charge on any atom is -0.387 e. The fourth-order valence-electron chi connectivity index (χ4n) is 2.41. The number of carbonyl (C=O) groups is 2. The predicted octanol–water partition coefficient (Wildman–Crippen LogP) is 1.47. The van der Waals surface area contributed by atoms with Crippen LogP contribution in [0.5, 0.6) is 0 Å². The first kappa shape index (κ1) is 14.4. The van der Waals surface area contributed by atoms with E-state index in [0.29, 0.717) is 5.56 Å². The summed E-state index contributed by atoms with van der Waals surface area (Å²) in [5.74, 6) is -0.222. The lowest BCUT2D eigenvalue weighted by atomic mass is 10.1. The van der Waals surface area contributed by atoms with Crippen molar-refractivity contribution in [1.29, 1.82) is 0 Å². The molecule has 1 heterocycles. The number of piperidine rings is 1. The van der Waals surface area contributed by atoms with Gasteiger partial charge in [-0.25, -0.2) is 0 Å². The topological polar surface area (TPSA) is 61.4 Å². The first-order chi connectivity index (χ1) is 9.72. The smallest absolute Gasteiger partial charge is 0.253 e. The van der Waals surface area contributed by atoms with Crippen molar-refractivity contribution >= 4 is 17.5 Å². The molecule has 0 spiro atoms. The van der Waals surface area contributed by atoms with Crippen LogP contribution >= 0.6 is 0 Å². The van der Waals surface area contributed by atoms with Crippen molar-refractivity contribution < 1.29 is 9.59 Å². The molecule has 1 aromatic rings. The molecule has 1 aliphatic heterocycles. The molecule has 2 amide bonds. The summed E-state index contributed by atoms with van der Waals surface area (Å²) >= 11 is 0. The number of benzene rings is 1. The number of hydrogen-bond donors (Lipinski definition) is 2. The lowest BCUT2D eigenvalue weighted by Crippen LogP contribution is -2.42. The molecule has 0 aromatic heterocycles. The number of nitrogens with zero attached hydrogens (tertiary/aromatic N) is 1. The third-order valence-electron chi connectivity index (χ3n) is 3.55. The van der Waals surface area contributed by atoms with Crippen molar-refractivity contribution in [3.05, 3.63) is 29.8 Å². The Morgan fingerprint density at radius 3 is 2.55 bits per heavy atom. The molecule has 108 valence electrons. The lowest BCUT2D eigenvalue weighted by Gasteiger charge is -2.26. The van der Waals surface area contributed by atoms with Gasteiger partial charge in [0.2, 0.25) is 5.91 Å². The molecular weight excluding hydrogens is 254 g/mol. The molecule has 1 fully saturated rings. The van der Waals surface area contributed by atoms with Crippen molar-refractivity contribution in [2.75, 3.05) is 32.0 Å². The van der Waals surface area contributed by atoms with Gasteiger partial charge in [0.15, 0.2) is 0 Å². The number of amides is 2. The Bertz CT molecular complexity index is 482. The Balaban J connectivity index is 1.89. The van der Waals surface area contributed by atoms with Gasteiger partial charge in [0.25, 0.3) is 5.91 Å². The Kier molecular flexibility index (Phi) is 4.98. The number of rotatable bonds is 4. The maximum atomic E-state index is 12.1. The van der Waals surface area contributed by atoms with E-state index in [2.05, 4.69) is 10.6 Å². The molecule has 0 atom stereocenters. The van der Waals surface area contributed by atoms with Crippen LogP contribution < -0.4 is 10.6 Å². The summed E-state index contributed by atoms with van der Waals surface area (Å²) in [5, 5.41) is 5.67. The van der Waals surface area contributed by atoms with Gasteiger partial charge in [0.1, 0.15) is 0 Å². The Hall–Kier alpha value is -2.04. The van der Waals surface area contributed by atoms with E-state index in [1.807, 2.05) is 23.1 Å². The maximum absolute atomic E-state index is 12.1. The highest BCUT2D eigenvalue weighted by Gasteiger charge is 2.17. The van der Waals surface area contributed by atoms with Crippen LogP contribution in [0.1, 0.15) is 29.6 Å². The SMILES string of the molecule is CNc1ccccc1C(=O)NCC(=O)N1CCCCC1. The third kappa shape index (κ3) is 3.50. The number of nitrogens with one attached hydrogen (secondary N) is 2. The Morgan fingerprint density at radius 2 is 1.85 bits per heavy atom. The first-order valence-corrected chi connectivity index (χ1v) is 7.05. The van der Waals surface area contributed by atoms with E-state index in [1.165, 1.54) is 6.42 Å². The van der Waals surface area contributed by atoms with E-state index in [9.17, 15) is 9.59 Å². The van der Waals surface area contributed by atoms with Crippen LogP contribution in [0.3, 0.4) is 0 Å². The van der Waals surface area contributed by atoms with Crippen LogP contribution in [0, 0.1) is 0 Å². The Morgan fingerprint density at radius 1 is 1.15 bits per heavy atom. The average Bonchev–Trinajstić information content (AvgIpc) is 2.53. The van der Waals surface area contributed by atoms with Crippen LogP contribution in [0.25, 0.3) is 0 Å². The number of likely N-dealkylation sites (tertiary alicyclic amines) is 1. The second kappa shape index (κ2) is 6.93. The van der Waals surface area contributed by atoms with E-state index in [0.717, 1.165) is 31.6 Å². The highest BCUT2D eigenvalue weighted by Crippen LogP contribution is 2.13. The summed E-state index contributed by atoms with van der Waals surface area (Å²) in [6, 6.07) is 7.25. The van der Waals surface area contributed by atoms with Crippen LogP contribution in [0.15, 0.2) is 24.3 Å². The zero-order valence-electron chi connectivity index (χ0n) is 11.8. The minimum atomic E-state index is -0.222. The Labute approximate surface area is 119 Å². The molecule has 0 aliphatic carbocycles. The summed E-state index contributed by atoms with van der Waals surface area (Å²) in [5.41, 5.74) is 1.32. The molecular formula is C15H21N3O2. The van der Waals surface area contributed by atoms with Crippen LogP contribution in [0.4, 0.5) is 5.69 Å². The average molecular weight is 275 g/mol. The molecule has 1 aromatic carbocycles. The van der Waals surface area contributed by atoms with Gasteiger partial charge in [-0.15, -0.1) is 0 Å². The lowest BCUT2D eigenvalue weighted by molar-refractivity contribution is -0.130. The van der Waals surface area contributed by atoms with Gasteiger partial charge in [0.05, 0.1) is 12.1 Å². The van der Waals surface area contributed by atoms with E-state index in [4.69, 9.17) is 0 Å². The fraction of sp³-hybridized carbons (Fsp3) is 0.467. The standard InChI is InChI=1S/C15H21N3O2/c1-16-13-8-4-3-7-12(13)15(20)17-11-14(19)18-9-5-2-6-10-18/h3-4,7-8,16H,2,5-6,9-11H2,1H3,(H,17,20). The van der Waals surface area contributed by atoms with Gasteiger partial charge in [-0.05, 0) is 31.4 Å². The second-order valence-electron chi connectivity index (χ2n) is 4.92. The molecule has 1 aliphatic rings. The molecule has 2 rings (SSSR count). The fourth-order valence-corrected chi connectivity index (χ4v) is 2.41. The van der Waals surface area contributed by atoms with Crippen LogP contribution in [-0.2, 0) is 4.79 Å². The van der Waals surface area contributed by atoms with Crippen molar-refractivity contribution in [2.24, 2.45) is 0 Å². The summed E-state index contributed by atoms with van der Waals surface area (Å²) in [6.45, 7) is 1.68. The van der Waals surface area contributed by atoms with E-state index in [-0.39, 0.29) is 18.4 Å². The van der Waals surface area contributed by atoms with Crippen molar-refractivity contribution in [2.45, 2.75) is 19.3 Å². The quantitative estimate of drug-likeness (QED) is 0.874. The predicted molar refractivity (Wildman–Crippen MR) is 78.8 cm³/mol. The highest BCUT2D eigenvalue weighted by atomic mass is 16.2. The first-order valence-electron chi connectivity index (χ1n) is 7.05. The molecule has 5 nitrogen and oxygen atoms in total. The van der Waals surface area contributed by atoms with Gasteiger partial charge in [0, 0.05) is 25.8 Å². The number of anilines is 1. The van der Waals surface area contributed by atoms with Crippen molar-refractivity contribution in [3.8, 4) is 0 Å². The molecule has 2 N–H and O–H groups in total. The maximum Gasteiger partial charge on any atom is 0.253 e. The molecule has 0 saturated carbocycles. The minimum absolute atomic E-state index is 0.0000104. The summed E-state index contributed by atoms with van der Waals surface area (Å²) in [4.78, 5) is 25.9. The van der Waals surface area contributed by atoms with Crippen LogP contribution in [-0.4, -0.2) is 43.4 Å². The number of hydrogen-bond acceptors (Lipinski definition) is 3. The molecule has 1 saturated heterocycles. The van der Waals surface area contributed by atoms with Crippen LogP contribution in [0.2, 0.25) is 0 Å². The van der Waals surface area contributed by atoms with Gasteiger partial charge >= 0.3 is 0 Å². The monoisotopic (exact) mass is 275 g/mol. The van der Waals surface area contributed by atoms with E-state index >= 15 is 0 Å². The van der Waals surface area contributed by atoms with Gasteiger partial charge in [-0.1, -0.05) is 12.1 Å². The van der Waals surface area contributed by atoms with E-state index in [1.54, 1.807) is 13.1 Å². The summed E-state index contributed by atoms with van der Waals surface area (Å²) in [7, 11) is 1.77. The zero-order chi connectivity index (χ0) is 14.4. The van der Waals surface area contributed by atoms with Crippen molar-refractivity contribution in [1.82, 2.24) is 10.2 Å².